The van der Waals surface area contributed by atoms with Crippen LogP contribution in [0.4, 0.5) is 8.78 Å². The van der Waals surface area contributed by atoms with Gasteiger partial charge >= 0.3 is 0 Å². The van der Waals surface area contributed by atoms with E-state index in [0.717, 1.165) is 25.9 Å². The highest BCUT2D eigenvalue weighted by atomic mass is 19.1. The van der Waals surface area contributed by atoms with Crippen molar-refractivity contribution in [2.45, 2.75) is 25.4 Å². The predicted octanol–water partition coefficient (Wildman–Crippen LogP) is 1.26. The Balaban J connectivity index is 1.78. The predicted molar refractivity (Wildman–Crippen MR) is 76.7 cm³/mol. The van der Waals surface area contributed by atoms with Gasteiger partial charge in [-0.15, -0.1) is 0 Å². The number of piperidine rings is 1. The van der Waals surface area contributed by atoms with E-state index in [4.69, 9.17) is 0 Å². The number of halogens is 2. The molecule has 0 atom stereocenters. The monoisotopic (exact) mass is 297 g/mol. The third-order valence-corrected chi connectivity index (χ3v) is 3.86. The molecule has 6 heteroatoms. The van der Waals surface area contributed by atoms with Crippen molar-refractivity contribution in [3.05, 3.63) is 35.4 Å². The van der Waals surface area contributed by atoms with Gasteiger partial charge in [0.2, 0.25) is 5.91 Å². The van der Waals surface area contributed by atoms with Crippen LogP contribution in [-0.2, 0) is 11.3 Å². The van der Waals surface area contributed by atoms with Crippen LogP contribution in [0.15, 0.2) is 18.2 Å². The molecule has 0 saturated carbocycles. The van der Waals surface area contributed by atoms with Gasteiger partial charge in [-0.3, -0.25) is 9.69 Å². The molecule has 0 aliphatic carbocycles. The molecule has 0 radical (unpaired) electrons. The summed E-state index contributed by atoms with van der Waals surface area (Å²) in [6, 6.07) is 4.13. The minimum Gasteiger partial charge on any atom is -0.358 e. The molecule has 1 saturated heterocycles. The first kappa shape index (κ1) is 15.9. The maximum Gasteiger partial charge on any atom is 0.233 e. The second-order valence-corrected chi connectivity index (χ2v) is 5.30. The van der Waals surface area contributed by atoms with Crippen LogP contribution in [0.3, 0.4) is 0 Å². The van der Waals surface area contributed by atoms with E-state index < -0.39 is 11.6 Å². The van der Waals surface area contributed by atoms with Crippen molar-refractivity contribution in [3.8, 4) is 0 Å². The van der Waals surface area contributed by atoms with Crippen LogP contribution < -0.4 is 10.6 Å². The largest absolute Gasteiger partial charge is 0.358 e. The van der Waals surface area contributed by atoms with E-state index in [-0.39, 0.29) is 24.1 Å². The standard InChI is InChI=1S/C15H21F2N3O/c1-18-15(21)10-20-7-5-11(6-8-20)19-9-12-13(16)3-2-4-14(12)17/h2-4,11,19H,5-10H2,1H3,(H,18,21). The lowest BCUT2D eigenvalue weighted by Crippen LogP contribution is -2.45. The smallest absolute Gasteiger partial charge is 0.233 e. The highest BCUT2D eigenvalue weighted by molar-refractivity contribution is 5.77. The quantitative estimate of drug-likeness (QED) is 0.860. The van der Waals surface area contributed by atoms with E-state index in [0.29, 0.717) is 6.54 Å². The van der Waals surface area contributed by atoms with Crippen molar-refractivity contribution in [1.29, 1.82) is 0 Å². The summed E-state index contributed by atoms with van der Waals surface area (Å²) >= 11 is 0. The van der Waals surface area contributed by atoms with Crippen LogP contribution >= 0.6 is 0 Å². The summed E-state index contributed by atoms with van der Waals surface area (Å²) in [5, 5.41) is 5.80. The number of benzene rings is 1. The molecule has 4 nitrogen and oxygen atoms in total. The van der Waals surface area contributed by atoms with Gasteiger partial charge in [0, 0.05) is 38.3 Å². The SMILES string of the molecule is CNC(=O)CN1CCC(NCc2c(F)cccc2F)CC1. The molecule has 1 aromatic rings. The highest BCUT2D eigenvalue weighted by Crippen LogP contribution is 2.14. The molecule has 2 N–H and O–H groups in total. The van der Waals surface area contributed by atoms with Crippen LogP contribution in [-0.4, -0.2) is 43.5 Å². The van der Waals surface area contributed by atoms with Gasteiger partial charge in [0.15, 0.2) is 0 Å². The molecule has 1 aliphatic rings. The van der Waals surface area contributed by atoms with Crippen molar-refractivity contribution in [2.75, 3.05) is 26.7 Å². The van der Waals surface area contributed by atoms with E-state index in [1.54, 1.807) is 7.05 Å². The number of carbonyl (C=O) groups is 1. The topological polar surface area (TPSA) is 44.4 Å². The molecular formula is C15H21F2N3O. The fraction of sp³-hybridized carbons (Fsp3) is 0.533. The van der Waals surface area contributed by atoms with E-state index in [9.17, 15) is 13.6 Å². The summed E-state index contributed by atoms with van der Waals surface area (Å²) in [5.41, 5.74) is 0.0882. The second kappa shape index (κ2) is 7.47. The maximum absolute atomic E-state index is 13.5. The minimum atomic E-state index is -0.514. The molecule has 2 rings (SSSR count). The molecular weight excluding hydrogens is 276 g/mol. The zero-order valence-corrected chi connectivity index (χ0v) is 12.2. The molecule has 0 unspecified atom stereocenters. The Morgan fingerprint density at radius 3 is 2.48 bits per heavy atom. The third kappa shape index (κ3) is 4.47. The molecule has 1 heterocycles. The Kier molecular flexibility index (Phi) is 5.64. The maximum atomic E-state index is 13.5. The van der Waals surface area contributed by atoms with Crippen molar-refractivity contribution < 1.29 is 13.6 Å². The number of likely N-dealkylation sites (N-methyl/N-ethyl adjacent to an activating group) is 1. The molecule has 0 aromatic heterocycles. The number of rotatable bonds is 5. The van der Waals surface area contributed by atoms with Crippen molar-refractivity contribution >= 4 is 5.91 Å². The van der Waals surface area contributed by atoms with Crippen LogP contribution in [0.25, 0.3) is 0 Å². The zero-order chi connectivity index (χ0) is 15.2. The Labute approximate surface area is 123 Å². The first-order valence-electron chi connectivity index (χ1n) is 7.19. The van der Waals surface area contributed by atoms with Crippen molar-refractivity contribution in [2.24, 2.45) is 0 Å². The number of amides is 1. The van der Waals surface area contributed by atoms with Gasteiger partial charge in [-0.05, 0) is 25.0 Å². The average Bonchev–Trinajstić information content (AvgIpc) is 2.48. The number of likely N-dealkylation sites (tertiary alicyclic amines) is 1. The molecule has 1 aliphatic heterocycles. The van der Waals surface area contributed by atoms with Crippen LogP contribution in [0.5, 0.6) is 0 Å². The molecule has 21 heavy (non-hydrogen) atoms. The summed E-state index contributed by atoms with van der Waals surface area (Å²) in [5.74, 6) is -1.02. The van der Waals surface area contributed by atoms with Gasteiger partial charge in [0.05, 0.1) is 6.54 Å². The molecule has 0 spiro atoms. The van der Waals surface area contributed by atoms with Crippen LogP contribution in [0.2, 0.25) is 0 Å². The minimum absolute atomic E-state index is 0.00911. The molecule has 116 valence electrons. The fourth-order valence-electron chi connectivity index (χ4n) is 2.52. The number of hydrogen-bond donors (Lipinski definition) is 2. The number of nitrogens with one attached hydrogen (secondary N) is 2. The molecule has 1 amide bonds. The van der Waals surface area contributed by atoms with E-state index in [2.05, 4.69) is 15.5 Å². The second-order valence-electron chi connectivity index (χ2n) is 5.30. The zero-order valence-electron chi connectivity index (χ0n) is 12.2. The Bertz CT molecular complexity index is 468. The first-order chi connectivity index (χ1) is 10.1. The lowest BCUT2D eigenvalue weighted by Gasteiger charge is -2.31. The van der Waals surface area contributed by atoms with Gasteiger partial charge in [0.1, 0.15) is 11.6 Å². The summed E-state index contributed by atoms with van der Waals surface area (Å²) in [7, 11) is 1.62. The van der Waals surface area contributed by atoms with Crippen molar-refractivity contribution in [3.63, 3.8) is 0 Å². The number of nitrogens with zero attached hydrogens (tertiary/aromatic N) is 1. The van der Waals surface area contributed by atoms with Gasteiger partial charge in [-0.1, -0.05) is 6.07 Å². The van der Waals surface area contributed by atoms with Gasteiger partial charge in [-0.2, -0.15) is 0 Å². The van der Waals surface area contributed by atoms with Gasteiger partial charge < -0.3 is 10.6 Å². The Morgan fingerprint density at radius 2 is 1.90 bits per heavy atom. The van der Waals surface area contributed by atoms with E-state index >= 15 is 0 Å². The van der Waals surface area contributed by atoms with Gasteiger partial charge in [-0.25, -0.2) is 8.78 Å². The summed E-state index contributed by atoms with van der Waals surface area (Å²) in [6.45, 7) is 2.22. The number of hydrogen-bond acceptors (Lipinski definition) is 3. The molecule has 0 bridgehead atoms. The van der Waals surface area contributed by atoms with Crippen LogP contribution in [0.1, 0.15) is 18.4 Å². The van der Waals surface area contributed by atoms with Crippen LogP contribution in [0, 0.1) is 11.6 Å². The summed E-state index contributed by atoms with van der Waals surface area (Å²) in [6.07, 6.45) is 1.74. The fourth-order valence-corrected chi connectivity index (χ4v) is 2.52. The lowest BCUT2D eigenvalue weighted by atomic mass is 10.0. The molecule has 1 aromatic carbocycles. The Hall–Kier alpha value is -1.53. The normalized spacial score (nSPS) is 16.9. The Morgan fingerprint density at radius 1 is 1.29 bits per heavy atom. The summed E-state index contributed by atoms with van der Waals surface area (Å²) < 4.78 is 27.0. The first-order valence-corrected chi connectivity index (χ1v) is 7.19. The summed E-state index contributed by atoms with van der Waals surface area (Å²) in [4.78, 5) is 13.4. The van der Waals surface area contributed by atoms with E-state index in [1.165, 1.54) is 18.2 Å². The highest BCUT2D eigenvalue weighted by Gasteiger charge is 2.20. The molecule has 1 fully saturated rings. The average molecular weight is 297 g/mol. The van der Waals surface area contributed by atoms with Crippen molar-refractivity contribution in [1.82, 2.24) is 15.5 Å². The van der Waals surface area contributed by atoms with Gasteiger partial charge in [0.25, 0.3) is 0 Å². The lowest BCUT2D eigenvalue weighted by molar-refractivity contribution is -0.122. The number of carbonyl (C=O) groups excluding carboxylic acids is 1. The van der Waals surface area contributed by atoms with E-state index in [1.807, 2.05) is 0 Å². The third-order valence-electron chi connectivity index (χ3n) is 3.86.